The number of benzene rings is 1. The third-order valence-corrected chi connectivity index (χ3v) is 6.89. The molecule has 8 heteroatoms. The summed E-state index contributed by atoms with van der Waals surface area (Å²) in [7, 11) is -1.72. The molecule has 0 aliphatic heterocycles. The van der Waals surface area contributed by atoms with Crippen molar-refractivity contribution in [1.29, 1.82) is 0 Å². The van der Waals surface area contributed by atoms with Crippen molar-refractivity contribution in [2.75, 3.05) is 0 Å². The van der Waals surface area contributed by atoms with E-state index in [1.165, 1.54) is 11.3 Å². The quantitative estimate of drug-likeness (QED) is 0.676. The molecule has 0 unspecified atom stereocenters. The number of nitrogens with one attached hydrogen (secondary N) is 1. The second kappa shape index (κ2) is 7.15. The van der Waals surface area contributed by atoms with Gasteiger partial charge in [0.1, 0.15) is 9.90 Å². The van der Waals surface area contributed by atoms with E-state index in [0.717, 1.165) is 22.0 Å². The molecule has 0 radical (unpaired) electrons. The lowest BCUT2D eigenvalue weighted by atomic mass is 10.2. The van der Waals surface area contributed by atoms with E-state index in [9.17, 15) is 8.42 Å². The second-order valence-electron chi connectivity index (χ2n) is 6.36. The molecule has 0 fully saturated rings. The van der Waals surface area contributed by atoms with Crippen LogP contribution < -0.4 is 4.72 Å². The van der Waals surface area contributed by atoms with Crippen molar-refractivity contribution in [3.63, 3.8) is 0 Å². The van der Waals surface area contributed by atoms with E-state index in [1.807, 2.05) is 41.3 Å². The summed E-state index contributed by atoms with van der Waals surface area (Å²) in [4.78, 5) is 4.95. The molecule has 3 rings (SSSR count). The topological polar surface area (TPSA) is 64.0 Å². The highest BCUT2D eigenvalue weighted by molar-refractivity contribution is 7.89. The van der Waals surface area contributed by atoms with Crippen LogP contribution in [0.3, 0.4) is 0 Å². The molecule has 138 valence electrons. The SMILES string of the molecule is Cc1c(S(=O)(=O)NC(C)C)cc(-c2nc(-c3cccc(Cl)c3)cs2)n1C. The van der Waals surface area contributed by atoms with E-state index < -0.39 is 10.0 Å². The van der Waals surface area contributed by atoms with Gasteiger partial charge in [0.2, 0.25) is 10.0 Å². The Bertz CT molecular complexity index is 1050. The summed E-state index contributed by atoms with van der Waals surface area (Å²) in [5, 5.41) is 3.36. The fourth-order valence-corrected chi connectivity index (χ4v) is 5.30. The van der Waals surface area contributed by atoms with Gasteiger partial charge in [0, 0.05) is 34.7 Å². The van der Waals surface area contributed by atoms with Crippen molar-refractivity contribution in [1.82, 2.24) is 14.3 Å². The number of thiazole rings is 1. The average molecular weight is 410 g/mol. The molecular weight excluding hydrogens is 390 g/mol. The van der Waals surface area contributed by atoms with Gasteiger partial charge in [0.05, 0.1) is 11.4 Å². The third-order valence-electron chi connectivity index (χ3n) is 4.01. The molecule has 0 aliphatic rings. The van der Waals surface area contributed by atoms with Crippen LogP contribution in [0.25, 0.3) is 22.0 Å². The molecular formula is C18H20ClN3O2S2. The van der Waals surface area contributed by atoms with Crippen LogP contribution >= 0.6 is 22.9 Å². The zero-order valence-corrected chi connectivity index (χ0v) is 17.3. The van der Waals surface area contributed by atoms with Crippen molar-refractivity contribution >= 4 is 33.0 Å². The number of aromatic nitrogens is 2. The van der Waals surface area contributed by atoms with Gasteiger partial charge in [-0.1, -0.05) is 23.7 Å². The Morgan fingerprint density at radius 2 is 2.00 bits per heavy atom. The van der Waals surface area contributed by atoms with Gasteiger partial charge in [-0.2, -0.15) is 0 Å². The van der Waals surface area contributed by atoms with Crippen molar-refractivity contribution in [2.45, 2.75) is 31.7 Å². The predicted molar refractivity (Wildman–Crippen MR) is 107 cm³/mol. The van der Waals surface area contributed by atoms with E-state index in [-0.39, 0.29) is 10.9 Å². The Balaban J connectivity index is 2.03. The van der Waals surface area contributed by atoms with E-state index >= 15 is 0 Å². The molecule has 3 aromatic rings. The average Bonchev–Trinajstić information content (AvgIpc) is 3.13. The van der Waals surface area contributed by atoms with Crippen LogP contribution in [-0.2, 0) is 17.1 Å². The van der Waals surface area contributed by atoms with E-state index in [4.69, 9.17) is 11.6 Å². The zero-order chi connectivity index (χ0) is 19.1. The summed E-state index contributed by atoms with van der Waals surface area (Å²) in [6, 6.07) is 9.02. The van der Waals surface area contributed by atoms with Crippen molar-refractivity contribution < 1.29 is 8.42 Å². The van der Waals surface area contributed by atoms with E-state index in [2.05, 4.69) is 9.71 Å². The smallest absolute Gasteiger partial charge is 0.242 e. The molecule has 1 aromatic carbocycles. The molecule has 0 saturated heterocycles. The van der Waals surface area contributed by atoms with Crippen molar-refractivity contribution in [3.8, 4) is 22.0 Å². The second-order valence-corrected chi connectivity index (χ2v) is 9.34. The molecule has 2 heterocycles. The maximum Gasteiger partial charge on any atom is 0.242 e. The Morgan fingerprint density at radius 1 is 1.27 bits per heavy atom. The maximum atomic E-state index is 12.6. The van der Waals surface area contributed by atoms with E-state index in [1.54, 1.807) is 26.8 Å². The lowest BCUT2D eigenvalue weighted by molar-refractivity contribution is 0.569. The Morgan fingerprint density at radius 3 is 2.65 bits per heavy atom. The van der Waals surface area contributed by atoms with Gasteiger partial charge in [-0.3, -0.25) is 0 Å². The number of rotatable bonds is 5. The summed E-state index contributed by atoms with van der Waals surface area (Å²) >= 11 is 7.53. The molecule has 0 spiro atoms. The summed E-state index contributed by atoms with van der Waals surface area (Å²) < 4.78 is 29.6. The first kappa shape index (κ1) is 19.1. The van der Waals surface area contributed by atoms with Crippen LogP contribution in [0.4, 0.5) is 0 Å². The van der Waals surface area contributed by atoms with Crippen LogP contribution in [0.5, 0.6) is 0 Å². The van der Waals surface area contributed by atoms with Gasteiger partial charge in [-0.05, 0) is 39.0 Å². The summed E-state index contributed by atoms with van der Waals surface area (Å²) in [6.45, 7) is 5.40. The number of sulfonamides is 1. The maximum absolute atomic E-state index is 12.6. The highest BCUT2D eigenvalue weighted by Gasteiger charge is 2.24. The molecule has 5 nitrogen and oxygen atoms in total. The number of nitrogens with zero attached hydrogens (tertiary/aromatic N) is 2. The van der Waals surface area contributed by atoms with E-state index in [0.29, 0.717) is 10.7 Å². The molecule has 0 aliphatic carbocycles. The minimum atomic E-state index is -3.56. The first-order valence-electron chi connectivity index (χ1n) is 8.09. The molecule has 0 atom stereocenters. The molecule has 0 saturated carbocycles. The van der Waals surface area contributed by atoms with Gasteiger partial charge < -0.3 is 4.57 Å². The zero-order valence-electron chi connectivity index (χ0n) is 14.9. The molecule has 26 heavy (non-hydrogen) atoms. The first-order chi connectivity index (χ1) is 12.2. The lowest BCUT2D eigenvalue weighted by Crippen LogP contribution is -2.30. The third kappa shape index (κ3) is 3.71. The largest absolute Gasteiger partial charge is 0.345 e. The van der Waals surface area contributed by atoms with Gasteiger partial charge in [-0.15, -0.1) is 11.3 Å². The lowest BCUT2D eigenvalue weighted by Gasteiger charge is -2.09. The summed E-state index contributed by atoms with van der Waals surface area (Å²) in [5.41, 5.74) is 3.19. The monoisotopic (exact) mass is 409 g/mol. The normalized spacial score (nSPS) is 12.1. The number of hydrogen-bond acceptors (Lipinski definition) is 4. The standard InChI is InChI=1S/C18H20ClN3O2S2/c1-11(2)21-26(23,24)17-9-16(22(4)12(17)3)18-20-15(10-25-18)13-6-5-7-14(19)8-13/h5-11,21H,1-4H3. The molecule has 0 bridgehead atoms. The van der Waals surface area contributed by atoms with Crippen LogP contribution in [0.15, 0.2) is 40.6 Å². The van der Waals surface area contributed by atoms with Gasteiger partial charge in [0.15, 0.2) is 0 Å². The molecule has 0 amide bonds. The van der Waals surface area contributed by atoms with Gasteiger partial charge in [-0.25, -0.2) is 18.1 Å². The number of halogens is 1. The van der Waals surface area contributed by atoms with Gasteiger partial charge in [0.25, 0.3) is 0 Å². The summed E-state index contributed by atoms with van der Waals surface area (Å²) in [5.74, 6) is 0. The Kier molecular flexibility index (Phi) is 5.25. The minimum Gasteiger partial charge on any atom is -0.345 e. The van der Waals surface area contributed by atoms with Crippen LogP contribution in [0.2, 0.25) is 5.02 Å². The highest BCUT2D eigenvalue weighted by atomic mass is 35.5. The Labute approximate surface area is 162 Å². The van der Waals surface area contributed by atoms with Crippen molar-refractivity contribution in [2.24, 2.45) is 7.05 Å². The molecule has 1 N–H and O–H groups in total. The number of hydrogen-bond donors (Lipinski definition) is 1. The molecule has 2 aromatic heterocycles. The first-order valence-corrected chi connectivity index (χ1v) is 10.8. The highest BCUT2D eigenvalue weighted by Crippen LogP contribution is 2.33. The Hall–Kier alpha value is -1.67. The minimum absolute atomic E-state index is 0.169. The van der Waals surface area contributed by atoms with Crippen LogP contribution in [0.1, 0.15) is 19.5 Å². The fraction of sp³-hybridized carbons (Fsp3) is 0.278. The van der Waals surface area contributed by atoms with Gasteiger partial charge >= 0.3 is 0 Å². The predicted octanol–water partition coefficient (Wildman–Crippen LogP) is 4.46. The van der Waals surface area contributed by atoms with Crippen molar-refractivity contribution in [3.05, 3.63) is 46.4 Å². The van der Waals surface area contributed by atoms with Crippen LogP contribution in [0, 0.1) is 6.92 Å². The fourth-order valence-electron chi connectivity index (χ4n) is 2.69. The summed E-state index contributed by atoms with van der Waals surface area (Å²) in [6.07, 6.45) is 0. The van der Waals surface area contributed by atoms with Crippen LogP contribution in [-0.4, -0.2) is 24.0 Å².